The number of hydrogen-bond donors (Lipinski definition) is 0. The van der Waals surface area contributed by atoms with Crippen molar-refractivity contribution in [1.82, 2.24) is 9.55 Å². The third-order valence-corrected chi connectivity index (χ3v) is 3.75. The Morgan fingerprint density at radius 3 is 2.44 bits per heavy atom. The fraction of sp³-hybridized carbons (Fsp3) is 0.150. The summed E-state index contributed by atoms with van der Waals surface area (Å²) in [5.74, 6) is 0.254. The van der Waals surface area contributed by atoms with Gasteiger partial charge in [-0.15, -0.1) is 0 Å². The molecule has 1 heterocycles. The zero-order valence-electron chi connectivity index (χ0n) is 13.7. The molecule has 0 saturated carbocycles. The molecule has 0 bridgehead atoms. The lowest BCUT2D eigenvalue weighted by Crippen LogP contribution is -2.09. The van der Waals surface area contributed by atoms with E-state index in [4.69, 9.17) is 4.74 Å². The standard InChI is InChI=1S/C20H18N2O3/c23-18(14-22-13-12-21-15-22)9-6-16-7-10-19(11-8-16)25-20(24)17-4-2-1-3-5-17/h1-5,7-8,10-13,15H,6,9,14H2. The summed E-state index contributed by atoms with van der Waals surface area (Å²) in [6.45, 7) is 0.340. The molecule has 0 fully saturated rings. The third kappa shape index (κ3) is 4.88. The number of aryl methyl sites for hydroxylation is 1. The Kier molecular flexibility index (Phi) is 5.36. The first-order chi connectivity index (χ1) is 12.2. The van der Waals surface area contributed by atoms with Crippen molar-refractivity contribution in [3.63, 3.8) is 0 Å². The van der Waals surface area contributed by atoms with Crippen LogP contribution in [-0.4, -0.2) is 21.3 Å². The number of carbonyl (C=O) groups excluding carboxylic acids is 2. The lowest BCUT2D eigenvalue weighted by atomic mass is 10.1. The molecule has 0 aliphatic rings. The average Bonchev–Trinajstić information content (AvgIpc) is 3.15. The van der Waals surface area contributed by atoms with Gasteiger partial charge < -0.3 is 9.30 Å². The van der Waals surface area contributed by atoms with E-state index in [1.807, 2.05) is 18.2 Å². The average molecular weight is 334 g/mol. The SMILES string of the molecule is O=C(CCc1ccc(OC(=O)c2ccccc2)cc1)Cn1ccnc1. The van der Waals surface area contributed by atoms with E-state index >= 15 is 0 Å². The topological polar surface area (TPSA) is 61.2 Å². The van der Waals surface area contributed by atoms with Crippen molar-refractivity contribution in [3.8, 4) is 5.75 Å². The predicted molar refractivity (Wildman–Crippen MR) is 93.4 cm³/mol. The van der Waals surface area contributed by atoms with Gasteiger partial charge in [0.05, 0.1) is 18.4 Å². The number of hydrogen-bond acceptors (Lipinski definition) is 4. The lowest BCUT2D eigenvalue weighted by molar-refractivity contribution is -0.119. The van der Waals surface area contributed by atoms with Gasteiger partial charge in [-0.1, -0.05) is 30.3 Å². The van der Waals surface area contributed by atoms with E-state index in [-0.39, 0.29) is 11.8 Å². The quantitative estimate of drug-likeness (QED) is 0.491. The molecule has 1 aromatic heterocycles. The smallest absolute Gasteiger partial charge is 0.343 e. The van der Waals surface area contributed by atoms with Crippen LogP contribution in [0.5, 0.6) is 5.75 Å². The molecule has 0 aliphatic carbocycles. The normalized spacial score (nSPS) is 10.4. The number of esters is 1. The number of benzene rings is 2. The Balaban J connectivity index is 1.50. The van der Waals surface area contributed by atoms with Crippen molar-refractivity contribution in [2.24, 2.45) is 0 Å². The predicted octanol–water partition coefficient (Wildman–Crippen LogP) is 3.30. The van der Waals surface area contributed by atoms with Crippen LogP contribution in [0, 0.1) is 0 Å². The molecule has 0 radical (unpaired) electrons. The molecule has 25 heavy (non-hydrogen) atoms. The molecule has 3 aromatic rings. The Hall–Kier alpha value is -3.21. The van der Waals surface area contributed by atoms with E-state index in [1.54, 1.807) is 59.7 Å². The second-order valence-corrected chi connectivity index (χ2v) is 5.67. The molecular formula is C20H18N2O3. The van der Waals surface area contributed by atoms with Crippen molar-refractivity contribution < 1.29 is 14.3 Å². The number of Topliss-reactive ketones (excluding diaryl/α,β-unsaturated/α-hetero) is 1. The van der Waals surface area contributed by atoms with E-state index in [2.05, 4.69) is 4.98 Å². The molecule has 0 saturated heterocycles. The van der Waals surface area contributed by atoms with Gasteiger partial charge in [0.2, 0.25) is 0 Å². The van der Waals surface area contributed by atoms with Gasteiger partial charge in [-0.3, -0.25) is 4.79 Å². The summed E-state index contributed by atoms with van der Waals surface area (Å²) >= 11 is 0. The van der Waals surface area contributed by atoms with Gasteiger partial charge in [0.1, 0.15) is 5.75 Å². The second-order valence-electron chi connectivity index (χ2n) is 5.67. The summed E-state index contributed by atoms with van der Waals surface area (Å²) in [6, 6.07) is 16.1. The summed E-state index contributed by atoms with van der Waals surface area (Å²) < 4.78 is 7.09. The minimum Gasteiger partial charge on any atom is -0.423 e. The number of imidazole rings is 1. The van der Waals surface area contributed by atoms with Gasteiger partial charge in [0, 0.05) is 18.8 Å². The van der Waals surface area contributed by atoms with Gasteiger partial charge in [-0.25, -0.2) is 9.78 Å². The summed E-state index contributed by atoms with van der Waals surface area (Å²) in [7, 11) is 0. The number of carbonyl (C=O) groups is 2. The zero-order valence-corrected chi connectivity index (χ0v) is 13.7. The van der Waals surface area contributed by atoms with Crippen LogP contribution in [-0.2, 0) is 17.8 Å². The van der Waals surface area contributed by atoms with Crippen molar-refractivity contribution in [2.45, 2.75) is 19.4 Å². The molecular weight excluding hydrogens is 316 g/mol. The van der Waals surface area contributed by atoms with E-state index < -0.39 is 0 Å². The molecule has 0 amide bonds. The number of nitrogens with zero attached hydrogens (tertiary/aromatic N) is 2. The fourth-order valence-electron chi connectivity index (χ4n) is 2.41. The number of rotatable bonds is 7. The minimum absolute atomic E-state index is 0.151. The van der Waals surface area contributed by atoms with Gasteiger partial charge in [0.15, 0.2) is 5.78 Å². The summed E-state index contributed by atoms with van der Waals surface area (Å²) in [5.41, 5.74) is 1.54. The van der Waals surface area contributed by atoms with Gasteiger partial charge in [-0.2, -0.15) is 0 Å². The number of aromatic nitrogens is 2. The first-order valence-electron chi connectivity index (χ1n) is 8.04. The molecule has 2 aromatic carbocycles. The minimum atomic E-state index is -0.385. The highest BCUT2D eigenvalue weighted by molar-refractivity contribution is 5.90. The first kappa shape index (κ1) is 16.6. The van der Waals surface area contributed by atoms with E-state index in [1.165, 1.54) is 0 Å². The van der Waals surface area contributed by atoms with E-state index in [9.17, 15) is 9.59 Å². The molecule has 3 rings (SSSR count). The molecule has 0 aliphatic heterocycles. The zero-order chi connectivity index (χ0) is 17.5. The summed E-state index contributed by atoms with van der Waals surface area (Å²) in [5, 5.41) is 0. The van der Waals surface area contributed by atoms with Crippen LogP contribution >= 0.6 is 0 Å². The van der Waals surface area contributed by atoms with Crippen LogP contribution in [0.2, 0.25) is 0 Å². The lowest BCUT2D eigenvalue weighted by Gasteiger charge is -2.06. The Labute approximate surface area is 145 Å². The highest BCUT2D eigenvalue weighted by Crippen LogP contribution is 2.15. The van der Waals surface area contributed by atoms with Crippen molar-refractivity contribution in [2.75, 3.05) is 0 Å². The maximum Gasteiger partial charge on any atom is 0.343 e. The van der Waals surface area contributed by atoms with E-state index in [0.717, 1.165) is 5.56 Å². The van der Waals surface area contributed by atoms with Crippen LogP contribution in [0.1, 0.15) is 22.3 Å². The Morgan fingerprint density at radius 1 is 1.00 bits per heavy atom. The summed E-state index contributed by atoms with van der Waals surface area (Å²) in [6.07, 6.45) is 6.17. The van der Waals surface area contributed by atoms with Crippen molar-refractivity contribution >= 4 is 11.8 Å². The highest BCUT2D eigenvalue weighted by atomic mass is 16.5. The monoisotopic (exact) mass is 334 g/mol. The van der Waals surface area contributed by atoms with Crippen molar-refractivity contribution in [1.29, 1.82) is 0 Å². The highest BCUT2D eigenvalue weighted by Gasteiger charge is 2.08. The van der Waals surface area contributed by atoms with Crippen LogP contribution in [0.3, 0.4) is 0 Å². The number of ketones is 1. The van der Waals surface area contributed by atoms with Crippen molar-refractivity contribution in [3.05, 3.63) is 84.4 Å². The van der Waals surface area contributed by atoms with Crippen LogP contribution in [0.25, 0.3) is 0 Å². The first-order valence-corrected chi connectivity index (χ1v) is 8.04. The third-order valence-electron chi connectivity index (χ3n) is 3.75. The molecule has 0 spiro atoms. The molecule has 0 N–H and O–H groups in total. The largest absolute Gasteiger partial charge is 0.423 e. The van der Waals surface area contributed by atoms with Crippen LogP contribution in [0.4, 0.5) is 0 Å². The maximum absolute atomic E-state index is 12.0. The van der Waals surface area contributed by atoms with Gasteiger partial charge in [0.25, 0.3) is 0 Å². The summed E-state index contributed by atoms with van der Waals surface area (Å²) in [4.78, 5) is 27.8. The van der Waals surface area contributed by atoms with Crippen LogP contribution < -0.4 is 4.74 Å². The molecule has 5 nitrogen and oxygen atoms in total. The molecule has 0 unspecified atom stereocenters. The Bertz CT molecular complexity index is 825. The molecule has 5 heteroatoms. The fourth-order valence-corrected chi connectivity index (χ4v) is 2.41. The molecule has 0 atom stereocenters. The van der Waals surface area contributed by atoms with E-state index in [0.29, 0.717) is 30.7 Å². The number of ether oxygens (including phenoxy) is 1. The van der Waals surface area contributed by atoms with Gasteiger partial charge >= 0.3 is 5.97 Å². The molecule has 126 valence electrons. The Morgan fingerprint density at radius 2 is 1.76 bits per heavy atom. The van der Waals surface area contributed by atoms with Gasteiger partial charge in [-0.05, 0) is 36.2 Å². The second kappa shape index (κ2) is 8.06. The maximum atomic E-state index is 12.0. The van der Waals surface area contributed by atoms with Crippen LogP contribution in [0.15, 0.2) is 73.3 Å².